The van der Waals surface area contributed by atoms with Gasteiger partial charge in [-0.3, -0.25) is 9.88 Å². The van der Waals surface area contributed by atoms with Crippen molar-refractivity contribution in [1.29, 1.82) is 0 Å². The maximum absolute atomic E-state index is 6.06. The SMILES string of the molecule is Cc1noc(C)c1CN1CCC(COc2ccncc2Cl)CC1. The second-order valence-corrected chi connectivity index (χ2v) is 6.55. The summed E-state index contributed by atoms with van der Waals surface area (Å²) >= 11 is 6.06. The lowest BCUT2D eigenvalue weighted by Gasteiger charge is -2.31. The Labute approximate surface area is 141 Å². The lowest BCUT2D eigenvalue weighted by atomic mass is 9.97. The molecule has 0 spiro atoms. The van der Waals surface area contributed by atoms with Crippen molar-refractivity contribution >= 4 is 11.6 Å². The van der Waals surface area contributed by atoms with Gasteiger partial charge in [0.1, 0.15) is 16.5 Å². The number of nitrogens with zero attached hydrogens (tertiary/aromatic N) is 3. The molecule has 0 aliphatic carbocycles. The fourth-order valence-corrected chi connectivity index (χ4v) is 3.12. The largest absolute Gasteiger partial charge is 0.492 e. The van der Waals surface area contributed by atoms with Crippen LogP contribution in [0.2, 0.25) is 5.02 Å². The van der Waals surface area contributed by atoms with Gasteiger partial charge in [0.2, 0.25) is 0 Å². The number of likely N-dealkylation sites (tertiary alicyclic amines) is 1. The molecule has 1 fully saturated rings. The maximum Gasteiger partial charge on any atom is 0.141 e. The van der Waals surface area contributed by atoms with Gasteiger partial charge in [-0.25, -0.2) is 0 Å². The van der Waals surface area contributed by atoms with Crippen molar-refractivity contribution in [2.24, 2.45) is 5.92 Å². The van der Waals surface area contributed by atoms with Gasteiger partial charge in [0.25, 0.3) is 0 Å². The molecule has 0 aromatic carbocycles. The Hall–Kier alpha value is -1.59. The molecule has 0 bridgehead atoms. The van der Waals surface area contributed by atoms with E-state index in [1.54, 1.807) is 12.4 Å². The highest BCUT2D eigenvalue weighted by atomic mass is 35.5. The van der Waals surface area contributed by atoms with Crippen LogP contribution in [0.4, 0.5) is 0 Å². The Balaban J connectivity index is 1.46. The summed E-state index contributed by atoms with van der Waals surface area (Å²) in [5.74, 6) is 2.22. The molecule has 2 aromatic rings. The van der Waals surface area contributed by atoms with Crippen molar-refractivity contribution < 1.29 is 9.26 Å². The summed E-state index contributed by atoms with van der Waals surface area (Å²) < 4.78 is 11.1. The first-order chi connectivity index (χ1) is 11.1. The zero-order valence-electron chi connectivity index (χ0n) is 13.6. The van der Waals surface area contributed by atoms with E-state index < -0.39 is 0 Å². The van der Waals surface area contributed by atoms with E-state index in [9.17, 15) is 0 Å². The highest BCUT2D eigenvalue weighted by Gasteiger charge is 2.22. The summed E-state index contributed by atoms with van der Waals surface area (Å²) in [5.41, 5.74) is 2.23. The number of piperidine rings is 1. The van der Waals surface area contributed by atoms with Crippen molar-refractivity contribution in [3.8, 4) is 5.75 Å². The molecule has 0 saturated carbocycles. The van der Waals surface area contributed by atoms with Crippen molar-refractivity contribution in [2.45, 2.75) is 33.2 Å². The van der Waals surface area contributed by atoms with Gasteiger partial charge in [0.05, 0.1) is 12.3 Å². The van der Waals surface area contributed by atoms with Crippen LogP contribution in [0.25, 0.3) is 0 Å². The molecule has 5 nitrogen and oxygen atoms in total. The third-order valence-corrected chi connectivity index (χ3v) is 4.76. The molecule has 1 aliphatic heterocycles. The van der Waals surface area contributed by atoms with Gasteiger partial charge in [0, 0.05) is 30.6 Å². The molecule has 0 radical (unpaired) electrons. The summed E-state index contributed by atoms with van der Waals surface area (Å²) in [6.45, 7) is 7.76. The molecular weight excluding hydrogens is 314 g/mol. The van der Waals surface area contributed by atoms with Crippen LogP contribution in [0.3, 0.4) is 0 Å². The van der Waals surface area contributed by atoms with Crippen molar-refractivity contribution in [3.63, 3.8) is 0 Å². The predicted octanol–water partition coefficient (Wildman–Crippen LogP) is 3.63. The smallest absolute Gasteiger partial charge is 0.141 e. The van der Waals surface area contributed by atoms with E-state index in [1.807, 2.05) is 19.9 Å². The van der Waals surface area contributed by atoms with E-state index in [2.05, 4.69) is 15.0 Å². The number of pyridine rings is 1. The standard InChI is InChI=1S/C17H22ClN3O2/c1-12-15(13(2)23-20-12)10-21-7-4-14(5-8-21)11-22-17-3-6-19-9-16(17)18/h3,6,9,14H,4-5,7-8,10-11H2,1-2H3. The second-order valence-electron chi connectivity index (χ2n) is 6.14. The average Bonchev–Trinajstić information content (AvgIpc) is 2.87. The molecule has 23 heavy (non-hydrogen) atoms. The number of aryl methyl sites for hydroxylation is 2. The Morgan fingerprint density at radius 1 is 1.35 bits per heavy atom. The third-order valence-electron chi connectivity index (χ3n) is 4.48. The van der Waals surface area contributed by atoms with E-state index in [4.69, 9.17) is 20.9 Å². The minimum Gasteiger partial charge on any atom is -0.492 e. The second kappa shape index (κ2) is 7.32. The molecule has 0 unspecified atom stereocenters. The minimum absolute atomic E-state index is 0.570. The fourth-order valence-electron chi connectivity index (χ4n) is 2.95. The van der Waals surface area contributed by atoms with Gasteiger partial charge >= 0.3 is 0 Å². The number of hydrogen-bond donors (Lipinski definition) is 0. The van der Waals surface area contributed by atoms with Crippen LogP contribution in [-0.4, -0.2) is 34.7 Å². The summed E-state index contributed by atoms with van der Waals surface area (Å²) in [4.78, 5) is 6.43. The van der Waals surface area contributed by atoms with E-state index in [0.29, 0.717) is 17.5 Å². The number of rotatable bonds is 5. The molecule has 0 N–H and O–H groups in total. The summed E-state index contributed by atoms with van der Waals surface area (Å²) in [6, 6.07) is 1.81. The van der Waals surface area contributed by atoms with Gasteiger partial charge < -0.3 is 9.26 Å². The van der Waals surface area contributed by atoms with Crippen LogP contribution in [-0.2, 0) is 6.54 Å². The Bertz CT molecular complexity index is 632. The molecule has 0 amide bonds. The highest BCUT2D eigenvalue weighted by molar-refractivity contribution is 6.31. The molecule has 6 heteroatoms. The van der Waals surface area contributed by atoms with Crippen molar-refractivity contribution in [3.05, 3.63) is 40.5 Å². The van der Waals surface area contributed by atoms with Crippen LogP contribution >= 0.6 is 11.6 Å². The van der Waals surface area contributed by atoms with Gasteiger partial charge in [0.15, 0.2) is 0 Å². The summed E-state index contributed by atoms with van der Waals surface area (Å²) in [5, 5.41) is 4.60. The molecule has 3 rings (SSSR count). The number of halogens is 1. The van der Waals surface area contributed by atoms with E-state index in [0.717, 1.165) is 49.7 Å². The highest BCUT2D eigenvalue weighted by Crippen LogP contribution is 2.25. The van der Waals surface area contributed by atoms with Crippen LogP contribution in [0.5, 0.6) is 5.75 Å². The monoisotopic (exact) mass is 335 g/mol. The number of ether oxygens (including phenoxy) is 1. The first kappa shape index (κ1) is 16.3. The van der Waals surface area contributed by atoms with Crippen LogP contribution in [0.1, 0.15) is 29.9 Å². The van der Waals surface area contributed by atoms with Crippen molar-refractivity contribution in [1.82, 2.24) is 15.0 Å². The minimum atomic E-state index is 0.570. The van der Waals surface area contributed by atoms with E-state index in [-0.39, 0.29) is 0 Å². The fraction of sp³-hybridized carbons (Fsp3) is 0.529. The molecule has 3 heterocycles. The lowest BCUT2D eigenvalue weighted by Crippen LogP contribution is -2.35. The molecule has 1 saturated heterocycles. The van der Waals surface area contributed by atoms with E-state index >= 15 is 0 Å². The van der Waals surface area contributed by atoms with Crippen molar-refractivity contribution in [2.75, 3.05) is 19.7 Å². The Morgan fingerprint density at radius 2 is 2.13 bits per heavy atom. The molecule has 2 aromatic heterocycles. The first-order valence-corrected chi connectivity index (χ1v) is 8.37. The summed E-state index contributed by atoms with van der Waals surface area (Å²) in [6.07, 6.45) is 5.58. The number of aromatic nitrogens is 2. The van der Waals surface area contributed by atoms with Crippen LogP contribution in [0, 0.1) is 19.8 Å². The Morgan fingerprint density at radius 3 is 2.78 bits per heavy atom. The van der Waals surface area contributed by atoms with Crippen LogP contribution < -0.4 is 4.74 Å². The Kier molecular flexibility index (Phi) is 5.18. The zero-order chi connectivity index (χ0) is 16.2. The summed E-state index contributed by atoms with van der Waals surface area (Å²) in [7, 11) is 0. The van der Waals surface area contributed by atoms with E-state index in [1.165, 1.54) is 5.56 Å². The quantitative estimate of drug-likeness (QED) is 0.835. The maximum atomic E-state index is 6.06. The topological polar surface area (TPSA) is 51.4 Å². The zero-order valence-corrected chi connectivity index (χ0v) is 14.3. The van der Waals surface area contributed by atoms with Gasteiger partial charge in [-0.05, 0) is 45.7 Å². The molecule has 124 valence electrons. The lowest BCUT2D eigenvalue weighted by molar-refractivity contribution is 0.136. The number of hydrogen-bond acceptors (Lipinski definition) is 5. The van der Waals surface area contributed by atoms with Gasteiger partial charge in [-0.15, -0.1) is 0 Å². The molecule has 0 atom stereocenters. The van der Waals surface area contributed by atoms with Gasteiger partial charge in [-0.2, -0.15) is 0 Å². The molecule has 1 aliphatic rings. The average molecular weight is 336 g/mol. The first-order valence-electron chi connectivity index (χ1n) is 8.00. The predicted molar refractivity (Wildman–Crippen MR) is 88.7 cm³/mol. The van der Waals surface area contributed by atoms with Crippen LogP contribution in [0.15, 0.2) is 23.0 Å². The molecular formula is C17H22ClN3O2. The normalized spacial score (nSPS) is 16.7. The van der Waals surface area contributed by atoms with Gasteiger partial charge in [-0.1, -0.05) is 16.8 Å². The third kappa shape index (κ3) is 4.03.